The normalized spacial score (nSPS) is 10.6. The molecule has 0 radical (unpaired) electrons. The summed E-state index contributed by atoms with van der Waals surface area (Å²) in [5.41, 5.74) is 1.91. The molecule has 0 fully saturated rings. The van der Waals surface area contributed by atoms with Crippen LogP contribution in [0.1, 0.15) is 0 Å². The molecule has 0 spiro atoms. The fourth-order valence-electron chi connectivity index (χ4n) is 2.28. The summed E-state index contributed by atoms with van der Waals surface area (Å²) in [6, 6.07) is 16.5. The molecule has 0 aliphatic carbocycles. The Hall–Kier alpha value is -2.51. The molecule has 0 atom stereocenters. The van der Waals surface area contributed by atoms with Gasteiger partial charge in [-0.1, -0.05) is 29.8 Å². The zero-order valence-electron chi connectivity index (χ0n) is 10.5. The van der Waals surface area contributed by atoms with Crippen LogP contribution in [0.2, 0.25) is 5.02 Å². The first-order valence-corrected chi connectivity index (χ1v) is 6.43. The molecule has 0 aliphatic heterocycles. The lowest BCUT2D eigenvalue weighted by Crippen LogP contribution is -2.22. The number of nitrogens with zero attached hydrogens (tertiary/aromatic N) is 3. The predicted octanol–water partition coefficient (Wildman–Crippen LogP) is 2.97. The highest BCUT2D eigenvalue weighted by atomic mass is 35.5. The number of benzene rings is 2. The van der Waals surface area contributed by atoms with E-state index in [0.29, 0.717) is 16.1 Å². The predicted molar refractivity (Wildman–Crippen MR) is 78.2 cm³/mol. The summed E-state index contributed by atoms with van der Waals surface area (Å²) in [4.78, 5) is 12.5. The number of hydrogen-bond donors (Lipinski definition) is 0. The molecule has 20 heavy (non-hydrogen) atoms. The van der Waals surface area contributed by atoms with Crippen molar-refractivity contribution in [2.24, 2.45) is 0 Å². The van der Waals surface area contributed by atoms with Gasteiger partial charge in [0.1, 0.15) is 6.54 Å². The molecule has 1 aromatic heterocycles. The van der Waals surface area contributed by atoms with Gasteiger partial charge in [0.15, 0.2) is 0 Å². The van der Waals surface area contributed by atoms with Crippen LogP contribution in [0.5, 0.6) is 0 Å². The van der Waals surface area contributed by atoms with E-state index in [-0.39, 0.29) is 12.2 Å². The standard InChI is InChI=1S/C15H10ClN3O/c16-11-6-7-13-14(10-11)19(12-4-2-1-3-5-12)15(20)18(13)9-8-17/h1-7,10H,9H2. The van der Waals surface area contributed by atoms with Crippen molar-refractivity contribution in [2.45, 2.75) is 6.54 Å². The Balaban J connectivity index is 2.43. The number of aromatic nitrogens is 2. The first-order chi connectivity index (χ1) is 9.72. The van der Waals surface area contributed by atoms with E-state index in [1.807, 2.05) is 36.4 Å². The van der Waals surface area contributed by atoms with Gasteiger partial charge in [-0.2, -0.15) is 5.26 Å². The van der Waals surface area contributed by atoms with Crippen LogP contribution < -0.4 is 5.69 Å². The quantitative estimate of drug-likeness (QED) is 0.726. The van der Waals surface area contributed by atoms with Crippen LogP contribution in [-0.2, 0) is 6.54 Å². The molecule has 3 aromatic rings. The van der Waals surface area contributed by atoms with E-state index in [2.05, 4.69) is 0 Å². The van der Waals surface area contributed by atoms with Gasteiger partial charge in [-0.3, -0.25) is 9.13 Å². The molecule has 0 unspecified atom stereocenters. The van der Waals surface area contributed by atoms with Crippen molar-refractivity contribution in [1.82, 2.24) is 9.13 Å². The van der Waals surface area contributed by atoms with Crippen LogP contribution in [0.4, 0.5) is 0 Å². The SMILES string of the molecule is N#CCn1c(=O)n(-c2ccccc2)c2cc(Cl)ccc21. The van der Waals surface area contributed by atoms with Gasteiger partial charge in [-0.25, -0.2) is 4.79 Å². The van der Waals surface area contributed by atoms with Crippen molar-refractivity contribution in [2.75, 3.05) is 0 Å². The summed E-state index contributed by atoms with van der Waals surface area (Å²) in [6.07, 6.45) is 0. The molecule has 0 saturated heterocycles. The summed E-state index contributed by atoms with van der Waals surface area (Å²) in [5.74, 6) is 0. The average molecular weight is 284 g/mol. The lowest BCUT2D eigenvalue weighted by molar-refractivity contribution is 0.788. The Morgan fingerprint density at radius 1 is 1.10 bits per heavy atom. The highest BCUT2D eigenvalue weighted by Crippen LogP contribution is 2.21. The van der Waals surface area contributed by atoms with Gasteiger partial charge >= 0.3 is 5.69 Å². The Labute approximate surface area is 120 Å². The van der Waals surface area contributed by atoms with Crippen LogP contribution >= 0.6 is 11.6 Å². The third kappa shape index (κ3) is 1.89. The minimum Gasteiger partial charge on any atom is -0.278 e. The molecule has 4 nitrogen and oxygen atoms in total. The van der Waals surface area contributed by atoms with Gasteiger partial charge in [-0.15, -0.1) is 0 Å². The molecule has 0 saturated carbocycles. The van der Waals surface area contributed by atoms with Crippen LogP contribution in [0.3, 0.4) is 0 Å². The zero-order chi connectivity index (χ0) is 14.1. The molecular weight excluding hydrogens is 274 g/mol. The molecule has 3 rings (SSSR count). The van der Waals surface area contributed by atoms with Crippen molar-refractivity contribution < 1.29 is 0 Å². The van der Waals surface area contributed by atoms with Gasteiger partial charge < -0.3 is 0 Å². The number of halogens is 1. The van der Waals surface area contributed by atoms with E-state index < -0.39 is 0 Å². The van der Waals surface area contributed by atoms with Crippen LogP contribution in [0.15, 0.2) is 53.3 Å². The topological polar surface area (TPSA) is 50.7 Å². The smallest absolute Gasteiger partial charge is 0.278 e. The zero-order valence-corrected chi connectivity index (χ0v) is 11.2. The summed E-state index contributed by atoms with van der Waals surface area (Å²) in [7, 11) is 0. The van der Waals surface area contributed by atoms with Gasteiger partial charge in [0, 0.05) is 5.02 Å². The fraction of sp³-hybridized carbons (Fsp3) is 0.0667. The molecule has 0 N–H and O–H groups in total. The van der Waals surface area contributed by atoms with Crippen molar-refractivity contribution in [1.29, 1.82) is 5.26 Å². The number of hydrogen-bond acceptors (Lipinski definition) is 2. The first kappa shape index (κ1) is 12.5. The van der Waals surface area contributed by atoms with E-state index in [0.717, 1.165) is 5.69 Å². The van der Waals surface area contributed by atoms with Gasteiger partial charge in [0.05, 0.1) is 22.8 Å². The Bertz CT molecular complexity index is 872. The lowest BCUT2D eigenvalue weighted by atomic mass is 10.3. The number of rotatable bonds is 2. The summed E-state index contributed by atoms with van der Waals surface area (Å²) in [5, 5.41) is 9.45. The molecule has 5 heteroatoms. The maximum Gasteiger partial charge on any atom is 0.334 e. The third-order valence-corrected chi connectivity index (χ3v) is 3.37. The second kappa shape index (κ2) is 4.87. The minimum atomic E-state index is -0.241. The number of para-hydroxylation sites is 1. The summed E-state index contributed by atoms with van der Waals surface area (Å²) >= 11 is 6.03. The average Bonchev–Trinajstić information content (AvgIpc) is 2.72. The monoisotopic (exact) mass is 283 g/mol. The molecule has 1 heterocycles. The first-order valence-electron chi connectivity index (χ1n) is 6.05. The second-order valence-electron chi connectivity index (χ2n) is 4.33. The molecule has 0 bridgehead atoms. The highest BCUT2D eigenvalue weighted by Gasteiger charge is 2.14. The third-order valence-electron chi connectivity index (χ3n) is 3.13. The molecule has 0 aliphatic rings. The van der Waals surface area contributed by atoms with Crippen LogP contribution in [0, 0.1) is 11.3 Å². The molecular formula is C15H10ClN3O. The van der Waals surface area contributed by atoms with Crippen molar-refractivity contribution in [3.63, 3.8) is 0 Å². The fourth-order valence-corrected chi connectivity index (χ4v) is 2.45. The van der Waals surface area contributed by atoms with E-state index in [9.17, 15) is 4.79 Å². The maximum absolute atomic E-state index is 12.5. The lowest BCUT2D eigenvalue weighted by Gasteiger charge is -2.02. The van der Waals surface area contributed by atoms with E-state index >= 15 is 0 Å². The Morgan fingerprint density at radius 2 is 1.85 bits per heavy atom. The summed E-state index contributed by atoms with van der Waals surface area (Å²) < 4.78 is 3.01. The van der Waals surface area contributed by atoms with E-state index in [4.69, 9.17) is 16.9 Å². The summed E-state index contributed by atoms with van der Waals surface area (Å²) in [6.45, 7) is 0.0107. The number of nitriles is 1. The van der Waals surface area contributed by atoms with Gasteiger partial charge in [0.25, 0.3) is 0 Å². The number of imidazole rings is 1. The van der Waals surface area contributed by atoms with Crippen molar-refractivity contribution in [3.8, 4) is 11.8 Å². The van der Waals surface area contributed by atoms with E-state index in [1.54, 1.807) is 22.8 Å². The van der Waals surface area contributed by atoms with Crippen molar-refractivity contribution >= 4 is 22.6 Å². The Morgan fingerprint density at radius 3 is 2.55 bits per heavy atom. The van der Waals surface area contributed by atoms with E-state index in [1.165, 1.54) is 4.57 Å². The van der Waals surface area contributed by atoms with Gasteiger partial charge in [0.2, 0.25) is 0 Å². The largest absolute Gasteiger partial charge is 0.334 e. The van der Waals surface area contributed by atoms with Crippen molar-refractivity contribution in [3.05, 3.63) is 64.0 Å². The minimum absolute atomic E-state index is 0.0107. The number of fused-ring (bicyclic) bond motifs is 1. The van der Waals surface area contributed by atoms with Crippen LogP contribution in [-0.4, -0.2) is 9.13 Å². The van der Waals surface area contributed by atoms with Gasteiger partial charge in [-0.05, 0) is 30.3 Å². The Kier molecular flexibility index (Phi) is 3.05. The highest BCUT2D eigenvalue weighted by molar-refractivity contribution is 6.31. The maximum atomic E-state index is 12.5. The second-order valence-corrected chi connectivity index (χ2v) is 4.77. The molecule has 2 aromatic carbocycles. The molecule has 98 valence electrons. The van der Waals surface area contributed by atoms with Crippen LogP contribution in [0.25, 0.3) is 16.7 Å². The molecule has 0 amide bonds.